The summed E-state index contributed by atoms with van der Waals surface area (Å²) in [4.78, 5) is 22.9. The molecule has 1 aromatic carbocycles. The van der Waals surface area contributed by atoms with Crippen molar-refractivity contribution >= 4 is 50.9 Å². The molecule has 2 aromatic rings. The van der Waals surface area contributed by atoms with E-state index in [0.717, 1.165) is 11.4 Å². The first-order valence-corrected chi connectivity index (χ1v) is 12.0. The Balaban J connectivity index is 1.58. The van der Waals surface area contributed by atoms with Crippen LogP contribution >= 0.6 is 35.0 Å². The van der Waals surface area contributed by atoms with Gasteiger partial charge in [-0.15, -0.1) is 0 Å². The highest BCUT2D eigenvalue weighted by Gasteiger charge is 2.30. The maximum atomic E-state index is 12.8. The summed E-state index contributed by atoms with van der Waals surface area (Å²) in [6.45, 7) is 4.86. The van der Waals surface area contributed by atoms with Crippen molar-refractivity contribution in [1.82, 2.24) is 19.2 Å². The van der Waals surface area contributed by atoms with Gasteiger partial charge in [0, 0.05) is 37.6 Å². The largest absolute Gasteiger partial charge is 0.339 e. The third-order valence-electron chi connectivity index (χ3n) is 4.41. The maximum Gasteiger partial charge on any atom is 0.243 e. The van der Waals surface area contributed by atoms with Gasteiger partial charge in [-0.3, -0.25) is 4.79 Å². The molecule has 0 atom stereocenters. The number of piperazine rings is 1. The quantitative estimate of drug-likeness (QED) is 0.489. The molecule has 1 aliphatic heterocycles. The van der Waals surface area contributed by atoms with Crippen LogP contribution in [0.2, 0.25) is 10.0 Å². The van der Waals surface area contributed by atoms with Gasteiger partial charge in [-0.1, -0.05) is 35.0 Å². The molecule has 0 unspecified atom stereocenters. The first-order chi connectivity index (χ1) is 13.7. The second kappa shape index (κ2) is 9.18. The Morgan fingerprint density at radius 2 is 1.66 bits per heavy atom. The van der Waals surface area contributed by atoms with Crippen molar-refractivity contribution in [2.45, 2.75) is 23.9 Å². The van der Waals surface area contributed by atoms with Gasteiger partial charge in [0.1, 0.15) is 0 Å². The van der Waals surface area contributed by atoms with Gasteiger partial charge in [0.05, 0.1) is 20.7 Å². The summed E-state index contributed by atoms with van der Waals surface area (Å²) in [5, 5.41) is 1.05. The number of carbonyl (C=O) groups excluding carboxylic acids is 1. The lowest BCUT2D eigenvalue weighted by Crippen LogP contribution is -2.50. The number of sulfonamides is 1. The number of thioether (sulfide) groups is 1. The summed E-state index contributed by atoms with van der Waals surface area (Å²) >= 11 is 13.1. The topological polar surface area (TPSA) is 83.5 Å². The van der Waals surface area contributed by atoms with E-state index in [2.05, 4.69) is 9.97 Å². The number of hydrogen-bond donors (Lipinski definition) is 0. The first kappa shape index (κ1) is 22.3. The fourth-order valence-corrected chi connectivity index (χ4v) is 5.60. The summed E-state index contributed by atoms with van der Waals surface area (Å²) in [5.41, 5.74) is 1.71. The molecule has 0 spiro atoms. The molecule has 2 heterocycles. The summed E-state index contributed by atoms with van der Waals surface area (Å²) < 4.78 is 27.0. The lowest BCUT2D eigenvalue weighted by atomic mass is 10.3. The molecular weight excluding hydrogens is 455 g/mol. The number of nitrogens with zero attached hydrogens (tertiary/aromatic N) is 4. The van der Waals surface area contributed by atoms with Gasteiger partial charge in [-0.05, 0) is 38.1 Å². The number of carbonyl (C=O) groups is 1. The maximum absolute atomic E-state index is 12.8. The van der Waals surface area contributed by atoms with Crippen LogP contribution in [0, 0.1) is 13.8 Å². The van der Waals surface area contributed by atoms with E-state index in [1.54, 1.807) is 4.90 Å². The van der Waals surface area contributed by atoms with Crippen LogP contribution in [0.1, 0.15) is 11.4 Å². The Kier molecular flexibility index (Phi) is 7.06. The number of amides is 1. The zero-order chi connectivity index (χ0) is 21.2. The summed E-state index contributed by atoms with van der Waals surface area (Å²) in [6.07, 6.45) is 0. The molecule has 1 aliphatic rings. The molecule has 1 fully saturated rings. The van der Waals surface area contributed by atoms with Crippen LogP contribution in [0.25, 0.3) is 0 Å². The zero-order valence-corrected chi connectivity index (χ0v) is 19.1. The molecule has 0 aliphatic carbocycles. The smallest absolute Gasteiger partial charge is 0.243 e. The normalized spacial score (nSPS) is 15.5. The van der Waals surface area contributed by atoms with Crippen LogP contribution in [-0.4, -0.2) is 65.4 Å². The van der Waals surface area contributed by atoms with Gasteiger partial charge < -0.3 is 4.90 Å². The average Bonchev–Trinajstić information content (AvgIpc) is 2.67. The van der Waals surface area contributed by atoms with E-state index in [1.165, 1.54) is 34.3 Å². The molecule has 29 heavy (non-hydrogen) atoms. The van der Waals surface area contributed by atoms with Gasteiger partial charge in [0.25, 0.3) is 0 Å². The molecule has 0 radical (unpaired) electrons. The molecule has 156 valence electrons. The lowest BCUT2D eigenvalue weighted by molar-refractivity contribution is -0.129. The average molecular weight is 475 g/mol. The Hall–Kier alpha value is -1.39. The second-order valence-electron chi connectivity index (χ2n) is 6.58. The highest BCUT2D eigenvalue weighted by atomic mass is 35.5. The van der Waals surface area contributed by atoms with Crippen molar-refractivity contribution < 1.29 is 13.2 Å². The number of benzene rings is 1. The number of aryl methyl sites for hydroxylation is 2. The summed E-state index contributed by atoms with van der Waals surface area (Å²) in [5.74, 6) is 0.145. The van der Waals surface area contributed by atoms with E-state index < -0.39 is 10.0 Å². The second-order valence-corrected chi connectivity index (χ2v) is 10.3. The van der Waals surface area contributed by atoms with Crippen LogP contribution in [-0.2, 0) is 14.8 Å². The predicted molar refractivity (Wildman–Crippen MR) is 114 cm³/mol. The van der Waals surface area contributed by atoms with Gasteiger partial charge >= 0.3 is 0 Å². The van der Waals surface area contributed by atoms with Gasteiger partial charge in [-0.2, -0.15) is 4.31 Å². The molecule has 0 N–H and O–H groups in total. The van der Waals surface area contributed by atoms with Crippen LogP contribution in [0.3, 0.4) is 0 Å². The Morgan fingerprint density at radius 3 is 2.24 bits per heavy atom. The molecule has 11 heteroatoms. The fourth-order valence-electron chi connectivity index (χ4n) is 2.94. The Bertz CT molecular complexity index is 1010. The van der Waals surface area contributed by atoms with Crippen molar-refractivity contribution in [1.29, 1.82) is 0 Å². The molecule has 1 aromatic heterocycles. The van der Waals surface area contributed by atoms with E-state index in [1.807, 2.05) is 19.9 Å². The van der Waals surface area contributed by atoms with Crippen LogP contribution in [0.15, 0.2) is 34.3 Å². The van der Waals surface area contributed by atoms with E-state index in [9.17, 15) is 13.2 Å². The third kappa shape index (κ3) is 5.40. The van der Waals surface area contributed by atoms with Crippen molar-refractivity contribution in [2.75, 3.05) is 31.9 Å². The molecule has 1 amide bonds. The van der Waals surface area contributed by atoms with Crippen molar-refractivity contribution in [2.24, 2.45) is 0 Å². The van der Waals surface area contributed by atoms with Crippen molar-refractivity contribution in [3.63, 3.8) is 0 Å². The number of hydrogen-bond acceptors (Lipinski definition) is 6. The summed E-state index contributed by atoms with van der Waals surface area (Å²) in [7, 11) is -3.69. The molecule has 7 nitrogen and oxygen atoms in total. The highest BCUT2D eigenvalue weighted by Crippen LogP contribution is 2.27. The standard InChI is InChI=1S/C18H20Cl2N4O3S2/c1-12-9-13(2)22-18(21-12)28-11-17(25)23-5-7-24(8-6-23)29(26,27)14-3-4-15(19)16(20)10-14/h3-4,9-10H,5-8,11H2,1-2H3. The number of halogens is 2. The van der Waals surface area contributed by atoms with Gasteiger partial charge in [-0.25, -0.2) is 18.4 Å². The SMILES string of the molecule is Cc1cc(C)nc(SCC(=O)N2CCN(S(=O)(=O)c3ccc(Cl)c(Cl)c3)CC2)n1. The van der Waals surface area contributed by atoms with Crippen molar-refractivity contribution in [3.8, 4) is 0 Å². The van der Waals surface area contributed by atoms with E-state index in [0.29, 0.717) is 23.3 Å². The Labute approximate surface area is 184 Å². The van der Waals surface area contributed by atoms with Crippen LogP contribution in [0.4, 0.5) is 0 Å². The number of rotatable bonds is 5. The minimum Gasteiger partial charge on any atom is -0.339 e. The molecule has 1 saturated heterocycles. The Morgan fingerprint density at radius 1 is 1.03 bits per heavy atom. The van der Waals surface area contributed by atoms with Crippen molar-refractivity contribution in [3.05, 3.63) is 45.7 Å². The van der Waals surface area contributed by atoms with E-state index in [4.69, 9.17) is 23.2 Å². The summed E-state index contributed by atoms with van der Waals surface area (Å²) in [6, 6.07) is 6.11. The molecule has 3 rings (SSSR count). The molecule has 0 saturated carbocycles. The first-order valence-electron chi connectivity index (χ1n) is 8.85. The van der Waals surface area contributed by atoms with Crippen LogP contribution in [0.5, 0.6) is 0 Å². The lowest BCUT2D eigenvalue weighted by Gasteiger charge is -2.34. The minimum absolute atomic E-state index is 0.0654. The van der Waals surface area contributed by atoms with Crippen LogP contribution < -0.4 is 0 Å². The number of aromatic nitrogens is 2. The monoisotopic (exact) mass is 474 g/mol. The van der Waals surface area contributed by atoms with Gasteiger partial charge in [0.2, 0.25) is 15.9 Å². The minimum atomic E-state index is -3.69. The molecule has 0 bridgehead atoms. The highest BCUT2D eigenvalue weighted by molar-refractivity contribution is 7.99. The van der Waals surface area contributed by atoms with E-state index in [-0.39, 0.29) is 34.7 Å². The molecular formula is C18H20Cl2N4O3S2. The van der Waals surface area contributed by atoms with Gasteiger partial charge in [0.15, 0.2) is 5.16 Å². The fraction of sp³-hybridized carbons (Fsp3) is 0.389. The predicted octanol–water partition coefficient (Wildman–Crippen LogP) is 3.03. The third-order valence-corrected chi connectivity index (χ3v) is 7.87. The zero-order valence-electron chi connectivity index (χ0n) is 15.9. The van der Waals surface area contributed by atoms with E-state index >= 15 is 0 Å².